The van der Waals surface area contributed by atoms with Gasteiger partial charge in [0.05, 0.1) is 18.2 Å². The molecule has 0 saturated carbocycles. The van der Waals surface area contributed by atoms with Crippen LogP contribution in [0.2, 0.25) is 5.02 Å². The largest absolute Gasteiger partial charge is 0.489 e. The van der Waals surface area contributed by atoms with Gasteiger partial charge in [0.2, 0.25) is 10.0 Å². The van der Waals surface area contributed by atoms with Crippen LogP contribution in [0, 0.1) is 0 Å². The molecule has 0 aliphatic heterocycles. The van der Waals surface area contributed by atoms with Crippen molar-refractivity contribution in [1.82, 2.24) is 5.43 Å². The van der Waals surface area contributed by atoms with Crippen LogP contribution in [0.5, 0.6) is 5.75 Å². The predicted molar refractivity (Wildman–Crippen MR) is 134 cm³/mol. The van der Waals surface area contributed by atoms with E-state index in [9.17, 15) is 13.2 Å². The molecule has 7 nitrogen and oxygen atoms in total. The maximum Gasteiger partial charge on any atom is 0.260 e. The van der Waals surface area contributed by atoms with Crippen molar-refractivity contribution in [2.24, 2.45) is 5.10 Å². The van der Waals surface area contributed by atoms with E-state index in [0.29, 0.717) is 23.1 Å². The van der Waals surface area contributed by atoms with Gasteiger partial charge in [-0.05, 0) is 60.2 Å². The average molecular weight is 551 g/mol. The van der Waals surface area contributed by atoms with E-state index in [2.05, 4.69) is 26.5 Å². The fourth-order valence-corrected chi connectivity index (χ4v) is 4.09. The van der Waals surface area contributed by atoms with Crippen molar-refractivity contribution in [3.8, 4) is 5.75 Å². The van der Waals surface area contributed by atoms with Crippen molar-refractivity contribution in [2.45, 2.75) is 6.61 Å². The van der Waals surface area contributed by atoms with E-state index in [1.807, 2.05) is 24.3 Å². The number of hydrogen-bond acceptors (Lipinski definition) is 5. The third-order valence-corrected chi connectivity index (χ3v) is 6.48. The molecule has 1 N–H and O–H groups in total. The summed E-state index contributed by atoms with van der Waals surface area (Å²) in [5.41, 5.74) is 4.35. The van der Waals surface area contributed by atoms with Crippen molar-refractivity contribution in [2.75, 3.05) is 17.1 Å². The second-order valence-electron chi connectivity index (χ2n) is 6.99. The average Bonchev–Trinajstić information content (AvgIpc) is 2.78. The number of ether oxygens (including phenoxy) is 1. The van der Waals surface area contributed by atoms with Gasteiger partial charge >= 0.3 is 0 Å². The Kier molecular flexibility index (Phi) is 8.49. The molecule has 0 atom stereocenters. The first-order valence-electron chi connectivity index (χ1n) is 9.74. The van der Waals surface area contributed by atoms with Gasteiger partial charge in [0.25, 0.3) is 5.91 Å². The summed E-state index contributed by atoms with van der Waals surface area (Å²) in [5.74, 6) is 0.0914. The summed E-state index contributed by atoms with van der Waals surface area (Å²) < 4.78 is 31.8. The molecule has 3 aromatic rings. The van der Waals surface area contributed by atoms with E-state index >= 15 is 0 Å². The number of carbonyl (C=O) groups excluding carboxylic acids is 1. The summed E-state index contributed by atoms with van der Waals surface area (Å²) in [6, 6.07) is 21.2. The third kappa shape index (κ3) is 7.59. The summed E-state index contributed by atoms with van der Waals surface area (Å²) in [6.45, 7) is -0.0506. The summed E-state index contributed by atoms with van der Waals surface area (Å²) >= 11 is 9.42. The molecule has 0 bridgehead atoms. The molecule has 0 heterocycles. The Labute approximate surface area is 206 Å². The van der Waals surface area contributed by atoms with Gasteiger partial charge < -0.3 is 4.74 Å². The van der Waals surface area contributed by atoms with Crippen LogP contribution in [0.25, 0.3) is 0 Å². The lowest BCUT2D eigenvalue weighted by Crippen LogP contribution is -2.38. The molecule has 1 amide bonds. The molecule has 0 aliphatic carbocycles. The smallest absolute Gasteiger partial charge is 0.260 e. The molecule has 3 aromatic carbocycles. The number of nitrogens with one attached hydrogen (secondary N) is 1. The lowest BCUT2D eigenvalue weighted by molar-refractivity contribution is -0.119. The second kappa shape index (κ2) is 11.3. The van der Waals surface area contributed by atoms with Gasteiger partial charge in [0, 0.05) is 15.1 Å². The van der Waals surface area contributed by atoms with Crippen LogP contribution in [0.15, 0.2) is 82.4 Å². The number of benzene rings is 3. The molecule has 3 rings (SSSR count). The van der Waals surface area contributed by atoms with Crippen molar-refractivity contribution in [3.05, 3.63) is 93.4 Å². The van der Waals surface area contributed by atoms with Crippen LogP contribution in [0.3, 0.4) is 0 Å². The van der Waals surface area contributed by atoms with Gasteiger partial charge in [-0.1, -0.05) is 45.7 Å². The van der Waals surface area contributed by atoms with Crippen LogP contribution in [0.1, 0.15) is 11.1 Å². The SMILES string of the molecule is CS(=O)(=O)N(CC(=O)N/N=C\c1ccc(OCc2ccccc2Cl)cc1)c1ccc(Br)cc1. The number of hydrazone groups is 1. The van der Waals surface area contributed by atoms with Crippen LogP contribution < -0.4 is 14.5 Å². The van der Waals surface area contributed by atoms with Gasteiger partial charge in [-0.25, -0.2) is 13.8 Å². The Bertz CT molecular complexity index is 1230. The zero-order chi connectivity index (χ0) is 23.8. The molecule has 0 aromatic heterocycles. The van der Waals surface area contributed by atoms with Crippen molar-refractivity contribution in [1.29, 1.82) is 0 Å². The summed E-state index contributed by atoms with van der Waals surface area (Å²) in [5, 5.41) is 4.55. The number of halogens is 2. The van der Waals surface area contributed by atoms with Gasteiger partial charge in [0.15, 0.2) is 0 Å². The number of nitrogens with zero attached hydrogens (tertiary/aromatic N) is 2. The highest BCUT2D eigenvalue weighted by atomic mass is 79.9. The van der Waals surface area contributed by atoms with E-state index in [1.165, 1.54) is 6.21 Å². The Hall–Kier alpha value is -2.88. The second-order valence-corrected chi connectivity index (χ2v) is 10.2. The van der Waals surface area contributed by atoms with Crippen molar-refractivity contribution < 1.29 is 17.9 Å². The zero-order valence-corrected chi connectivity index (χ0v) is 20.8. The molecule has 0 aliphatic rings. The molecule has 0 unspecified atom stereocenters. The number of hydrogen-bond donors (Lipinski definition) is 1. The van der Waals surface area contributed by atoms with E-state index in [4.69, 9.17) is 16.3 Å². The van der Waals surface area contributed by atoms with Gasteiger partial charge in [-0.2, -0.15) is 5.10 Å². The fraction of sp³-hybridized carbons (Fsp3) is 0.130. The molecule has 0 radical (unpaired) electrons. The molecule has 0 fully saturated rings. The van der Waals surface area contributed by atoms with Gasteiger partial charge in [0.1, 0.15) is 18.9 Å². The highest BCUT2D eigenvalue weighted by Gasteiger charge is 2.20. The minimum atomic E-state index is -3.65. The quantitative estimate of drug-likeness (QED) is 0.312. The summed E-state index contributed by atoms with van der Waals surface area (Å²) in [6.07, 6.45) is 2.50. The van der Waals surface area contributed by atoms with E-state index in [1.54, 1.807) is 48.5 Å². The molecule has 0 spiro atoms. The van der Waals surface area contributed by atoms with E-state index < -0.39 is 22.5 Å². The summed E-state index contributed by atoms with van der Waals surface area (Å²) in [7, 11) is -3.65. The molecular formula is C23H21BrClN3O4S. The van der Waals surface area contributed by atoms with Crippen LogP contribution in [-0.2, 0) is 21.4 Å². The van der Waals surface area contributed by atoms with Crippen molar-refractivity contribution in [3.63, 3.8) is 0 Å². The first kappa shape index (κ1) is 24.8. The number of rotatable bonds is 9. The predicted octanol–water partition coefficient (Wildman–Crippen LogP) is 4.60. The Balaban J connectivity index is 1.54. The van der Waals surface area contributed by atoms with Gasteiger partial charge in [-0.3, -0.25) is 9.10 Å². The minimum absolute atomic E-state index is 0.346. The first-order chi connectivity index (χ1) is 15.7. The topological polar surface area (TPSA) is 88.1 Å². The Morgan fingerprint density at radius 2 is 1.76 bits per heavy atom. The minimum Gasteiger partial charge on any atom is -0.489 e. The first-order valence-corrected chi connectivity index (χ1v) is 12.8. The fourth-order valence-electron chi connectivity index (χ4n) is 2.78. The molecule has 0 saturated heterocycles. The van der Waals surface area contributed by atoms with Crippen LogP contribution in [0.4, 0.5) is 5.69 Å². The summed E-state index contributed by atoms with van der Waals surface area (Å²) in [4.78, 5) is 12.3. The third-order valence-electron chi connectivity index (χ3n) is 4.44. The lowest BCUT2D eigenvalue weighted by atomic mass is 10.2. The van der Waals surface area contributed by atoms with E-state index in [-0.39, 0.29) is 0 Å². The van der Waals surface area contributed by atoms with E-state index in [0.717, 1.165) is 26.2 Å². The van der Waals surface area contributed by atoms with Gasteiger partial charge in [-0.15, -0.1) is 0 Å². The normalized spacial score (nSPS) is 11.4. The Morgan fingerprint density at radius 3 is 2.39 bits per heavy atom. The molecule has 10 heteroatoms. The highest BCUT2D eigenvalue weighted by Crippen LogP contribution is 2.21. The lowest BCUT2D eigenvalue weighted by Gasteiger charge is -2.21. The monoisotopic (exact) mass is 549 g/mol. The number of amides is 1. The number of carbonyl (C=O) groups is 1. The highest BCUT2D eigenvalue weighted by molar-refractivity contribution is 9.10. The van der Waals surface area contributed by atoms with Crippen LogP contribution >= 0.6 is 27.5 Å². The number of sulfonamides is 1. The molecule has 172 valence electrons. The maximum absolute atomic E-state index is 12.3. The van der Waals surface area contributed by atoms with Crippen LogP contribution in [-0.4, -0.2) is 33.3 Å². The van der Waals surface area contributed by atoms with Crippen molar-refractivity contribution >= 4 is 55.4 Å². The maximum atomic E-state index is 12.3. The zero-order valence-electron chi connectivity index (χ0n) is 17.6. The standard InChI is InChI=1S/C23H21BrClN3O4S/c1-33(30,31)28(20-10-8-19(24)9-11-20)15-23(29)27-26-14-17-6-12-21(13-7-17)32-16-18-4-2-3-5-22(18)25/h2-14H,15-16H2,1H3,(H,27,29)/b26-14-. The molecular weight excluding hydrogens is 530 g/mol. The molecule has 33 heavy (non-hydrogen) atoms. The number of anilines is 1. The Morgan fingerprint density at radius 1 is 1.09 bits per heavy atom.